The van der Waals surface area contributed by atoms with E-state index in [9.17, 15) is 9.90 Å². The van der Waals surface area contributed by atoms with Crippen LogP contribution in [0.2, 0.25) is 0 Å². The first-order valence-electron chi connectivity index (χ1n) is 7.23. The van der Waals surface area contributed by atoms with Crippen molar-refractivity contribution in [2.24, 2.45) is 0 Å². The van der Waals surface area contributed by atoms with E-state index in [1.54, 1.807) is 24.4 Å². The summed E-state index contributed by atoms with van der Waals surface area (Å²) >= 11 is 3.29. The van der Waals surface area contributed by atoms with E-state index in [-0.39, 0.29) is 17.2 Å². The van der Waals surface area contributed by atoms with E-state index < -0.39 is 0 Å². The fourth-order valence-corrected chi connectivity index (χ4v) is 2.62. The highest BCUT2D eigenvalue weighted by Crippen LogP contribution is 2.24. The molecular formula is C18H14BrN3O2. The quantitative estimate of drug-likeness (QED) is 0.711. The number of halogens is 1. The monoisotopic (exact) mass is 383 g/mol. The summed E-state index contributed by atoms with van der Waals surface area (Å²) in [6, 6.07) is 13.9. The van der Waals surface area contributed by atoms with Gasteiger partial charge in [0, 0.05) is 21.9 Å². The molecule has 0 aliphatic rings. The summed E-state index contributed by atoms with van der Waals surface area (Å²) in [5.74, 6) is 0.226. The molecule has 1 amide bonds. The third kappa shape index (κ3) is 3.60. The number of hydrogen-bond acceptors (Lipinski definition) is 4. The molecule has 5 nitrogen and oxygen atoms in total. The number of phenols is 1. The van der Waals surface area contributed by atoms with Crippen molar-refractivity contribution < 1.29 is 9.90 Å². The molecule has 0 saturated heterocycles. The van der Waals surface area contributed by atoms with Crippen molar-refractivity contribution in [3.8, 4) is 17.0 Å². The maximum absolute atomic E-state index is 12.4. The molecule has 1 heterocycles. The smallest absolute Gasteiger partial charge is 0.259 e. The maximum Gasteiger partial charge on any atom is 0.259 e. The Hall–Kier alpha value is -2.73. The number of anilines is 1. The second kappa shape index (κ2) is 6.80. The number of aryl methyl sites for hydroxylation is 1. The molecule has 0 fully saturated rings. The zero-order valence-corrected chi connectivity index (χ0v) is 14.4. The molecule has 0 unspecified atom stereocenters. The Balaban J connectivity index is 1.87. The lowest BCUT2D eigenvalue weighted by molar-refractivity contribution is 0.102. The molecular weight excluding hydrogens is 370 g/mol. The molecule has 2 aromatic carbocycles. The average Bonchev–Trinajstić information content (AvgIpc) is 2.57. The Morgan fingerprint density at radius 1 is 1.17 bits per heavy atom. The third-order valence-corrected chi connectivity index (χ3v) is 3.89. The van der Waals surface area contributed by atoms with Crippen molar-refractivity contribution in [2.75, 3.05) is 5.32 Å². The Bertz CT molecular complexity index is 912. The van der Waals surface area contributed by atoms with E-state index in [4.69, 9.17) is 0 Å². The lowest BCUT2D eigenvalue weighted by Crippen LogP contribution is -2.12. The minimum absolute atomic E-state index is 0.0710. The molecule has 0 spiro atoms. The molecule has 0 aliphatic carbocycles. The van der Waals surface area contributed by atoms with Crippen molar-refractivity contribution in [3.05, 3.63) is 70.6 Å². The summed E-state index contributed by atoms with van der Waals surface area (Å²) < 4.78 is 0.718. The summed E-state index contributed by atoms with van der Waals surface area (Å²) in [4.78, 5) is 20.8. The molecule has 2 N–H and O–H groups in total. The van der Waals surface area contributed by atoms with Crippen LogP contribution >= 0.6 is 15.9 Å². The molecule has 3 rings (SSSR count). The van der Waals surface area contributed by atoms with Crippen LogP contribution in [-0.4, -0.2) is 21.0 Å². The predicted octanol–water partition coefficient (Wildman–Crippen LogP) is 4.17. The number of nitrogens with zero attached hydrogens (tertiary/aromatic N) is 2. The van der Waals surface area contributed by atoms with Gasteiger partial charge in [-0.05, 0) is 43.3 Å². The number of aromatic nitrogens is 2. The highest BCUT2D eigenvalue weighted by molar-refractivity contribution is 9.10. The van der Waals surface area contributed by atoms with Gasteiger partial charge in [0.15, 0.2) is 0 Å². The van der Waals surface area contributed by atoms with Gasteiger partial charge in [0.25, 0.3) is 5.91 Å². The highest BCUT2D eigenvalue weighted by atomic mass is 79.9. The summed E-state index contributed by atoms with van der Waals surface area (Å²) in [7, 11) is 0. The Morgan fingerprint density at radius 3 is 2.79 bits per heavy atom. The van der Waals surface area contributed by atoms with Crippen LogP contribution in [0.25, 0.3) is 11.3 Å². The second-order valence-electron chi connectivity index (χ2n) is 5.19. The number of carbonyl (C=O) groups excluding carboxylic acids is 1. The molecule has 0 saturated carbocycles. The van der Waals surface area contributed by atoms with Gasteiger partial charge in [0.1, 0.15) is 11.6 Å². The van der Waals surface area contributed by atoms with Gasteiger partial charge in [-0.3, -0.25) is 4.79 Å². The van der Waals surface area contributed by atoms with Crippen LogP contribution in [-0.2, 0) is 0 Å². The van der Waals surface area contributed by atoms with Gasteiger partial charge in [-0.25, -0.2) is 9.97 Å². The van der Waals surface area contributed by atoms with Gasteiger partial charge in [0.2, 0.25) is 0 Å². The number of nitrogens with one attached hydrogen (secondary N) is 1. The Morgan fingerprint density at radius 2 is 2.00 bits per heavy atom. The SMILES string of the molecule is Cc1nccc(-c2cccc(NC(=O)c3cc(Br)ccc3O)c2)n1. The van der Waals surface area contributed by atoms with Crippen molar-refractivity contribution in [2.45, 2.75) is 6.92 Å². The molecule has 1 aromatic heterocycles. The number of phenolic OH excluding ortho intramolecular Hbond substituents is 1. The highest BCUT2D eigenvalue weighted by Gasteiger charge is 2.12. The number of hydrogen-bond donors (Lipinski definition) is 2. The van der Waals surface area contributed by atoms with E-state index in [2.05, 4.69) is 31.2 Å². The maximum atomic E-state index is 12.4. The van der Waals surface area contributed by atoms with Crippen LogP contribution in [0.15, 0.2) is 59.2 Å². The molecule has 3 aromatic rings. The molecule has 0 aliphatic heterocycles. The fourth-order valence-electron chi connectivity index (χ4n) is 2.26. The van der Waals surface area contributed by atoms with Crippen molar-refractivity contribution in [1.29, 1.82) is 0 Å². The van der Waals surface area contributed by atoms with Crippen molar-refractivity contribution >= 4 is 27.5 Å². The van der Waals surface area contributed by atoms with E-state index in [1.165, 1.54) is 6.07 Å². The zero-order valence-electron chi connectivity index (χ0n) is 12.8. The summed E-state index contributed by atoms with van der Waals surface area (Å²) in [5, 5.41) is 12.6. The predicted molar refractivity (Wildman–Crippen MR) is 96.0 cm³/mol. The largest absolute Gasteiger partial charge is 0.507 e. The number of amides is 1. The zero-order chi connectivity index (χ0) is 17.1. The second-order valence-corrected chi connectivity index (χ2v) is 6.10. The normalized spacial score (nSPS) is 10.4. The van der Waals surface area contributed by atoms with Crippen LogP contribution in [0.1, 0.15) is 16.2 Å². The Labute approximate surface area is 147 Å². The third-order valence-electron chi connectivity index (χ3n) is 3.40. The van der Waals surface area contributed by atoms with Crippen LogP contribution in [0.3, 0.4) is 0 Å². The van der Waals surface area contributed by atoms with Crippen LogP contribution < -0.4 is 5.32 Å². The molecule has 24 heavy (non-hydrogen) atoms. The first-order valence-corrected chi connectivity index (χ1v) is 8.02. The van der Waals surface area contributed by atoms with Crippen LogP contribution in [0.4, 0.5) is 5.69 Å². The standard InChI is InChI=1S/C18H14BrN3O2/c1-11-20-8-7-16(21-11)12-3-2-4-14(9-12)22-18(24)15-10-13(19)5-6-17(15)23/h2-10,23H,1H3,(H,22,24). The molecule has 0 atom stereocenters. The lowest BCUT2D eigenvalue weighted by atomic mass is 10.1. The number of carbonyl (C=O) groups is 1. The fraction of sp³-hybridized carbons (Fsp3) is 0.0556. The molecule has 0 radical (unpaired) electrons. The Kier molecular flexibility index (Phi) is 4.57. The molecule has 0 bridgehead atoms. The van der Waals surface area contributed by atoms with E-state index in [0.717, 1.165) is 15.7 Å². The van der Waals surface area contributed by atoms with Crippen LogP contribution in [0.5, 0.6) is 5.75 Å². The van der Waals surface area contributed by atoms with E-state index in [1.807, 2.05) is 31.2 Å². The summed E-state index contributed by atoms with van der Waals surface area (Å²) in [6.45, 7) is 1.82. The average molecular weight is 384 g/mol. The van der Waals surface area contributed by atoms with Gasteiger partial charge in [-0.2, -0.15) is 0 Å². The van der Waals surface area contributed by atoms with Crippen LogP contribution in [0, 0.1) is 6.92 Å². The van der Waals surface area contributed by atoms with Crippen molar-refractivity contribution in [3.63, 3.8) is 0 Å². The summed E-state index contributed by atoms with van der Waals surface area (Å²) in [5.41, 5.74) is 2.47. The van der Waals surface area contributed by atoms with Gasteiger partial charge in [0.05, 0.1) is 11.3 Å². The minimum atomic E-state index is -0.384. The first-order chi connectivity index (χ1) is 11.5. The van der Waals surface area contributed by atoms with E-state index in [0.29, 0.717) is 11.5 Å². The lowest BCUT2D eigenvalue weighted by Gasteiger charge is -2.09. The first kappa shape index (κ1) is 16.1. The van der Waals surface area contributed by atoms with Gasteiger partial charge >= 0.3 is 0 Å². The van der Waals surface area contributed by atoms with Gasteiger partial charge in [-0.1, -0.05) is 28.1 Å². The molecule has 6 heteroatoms. The number of rotatable bonds is 3. The molecule has 120 valence electrons. The topological polar surface area (TPSA) is 75.1 Å². The summed E-state index contributed by atoms with van der Waals surface area (Å²) in [6.07, 6.45) is 1.70. The van der Waals surface area contributed by atoms with Gasteiger partial charge < -0.3 is 10.4 Å². The van der Waals surface area contributed by atoms with Crippen molar-refractivity contribution in [1.82, 2.24) is 9.97 Å². The minimum Gasteiger partial charge on any atom is -0.507 e. The van der Waals surface area contributed by atoms with Gasteiger partial charge in [-0.15, -0.1) is 0 Å². The number of benzene rings is 2. The van der Waals surface area contributed by atoms with E-state index >= 15 is 0 Å². The number of aromatic hydroxyl groups is 1.